The number of fused-ring (bicyclic) bond motifs is 1. The fourth-order valence-electron chi connectivity index (χ4n) is 4.22. The molecule has 160 valence electrons. The van der Waals surface area contributed by atoms with Crippen molar-refractivity contribution >= 4 is 40.5 Å². The number of imide groups is 1. The number of nitrogens with zero attached hydrogens (tertiary/aromatic N) is 3. The van der Waals surface area contributed by atoms with Gasteiger partial charge in [0.05, 0.1) is 22.3 Å². The molecule has 32 heavy (non-hydrogen) atoms. The van der Waals surface area contributed by atoms with Crippen LogP contribution >= 0.6 is 11.6 Å². The lowest BCUT2D eigenvalue weighted by molar-refractivity contribution is -0.384. The van der Waals surface area contributed by atoms with Crippen molar-refractivity contribution in [3.63, 3.8) is 0 Å². The summed E-state index contributed by atoms with van der Waals surface area (Å²) in [6, 6.07) is 21.0. The zero-order valence-corrected chi connectivity index (χ0v) is 17.3. The first-order valence-electron chi connectivity index (χ1n) is 9.84. The molecule has 3 aromatic rings. The molecule has 2 heterocycles. The van der Waals surface area contributed by atoms with Crippen molar-refractivity contribution in [3.8, 4) is 0 Å². The maximum Gasteiger partial charge on any atom is 0.269 e. The molecule has 5 rings (SSSR count). The summed E-state index contributed by atoms with van der Waals surface area (Å²) in [5, 5.41) is 13.0. The van der Waals surface area contributed by atoms with Crippen molar-refractivity contribution in [2.75, 3.05) is 9.96 Å². The van der Waals surface area contributed by atoms with Crippen LogP contribution in [0.5, 0.6) is 0 Å². The molecule has 2 amide bonds. The summed E-state index contributed by atoms with van der Waals surface area (Å²) < 4.78 is 0. The molecule has 9 heteroatoms. The Kier molecular flexibility index (Phi) is 4.88. The number of para-hydroxylation sites is 1. The van der Waals surface area contributed by atoms with Gasteiger partial charge in [-0.1, -0.05) is 41.9 Å². The topological polar surface area (TPSA) is 93.0 Å². The average Bonchev–Trinajstić information content (AvgIpc) is 3.30. The summed E-state index contributed by atoms with van der Waals surface area (Å²) in [4.78, 5) is 44.2. The molecular weight excluding hydrogens is 434 g/mol. The Morgan fingerprint density at radius 1 is 0.875 bits per heavy atom. The van der Waals surface area contributed by atoms with Crippen LogP contribution in [0.3, 0.4) is 0 Å². The first kappa shape index (κ1) is 20.2. The van der Waals surface area contributed by atoms with Crippen LogP contribution in [0.1, 0.15) is 11.6 Å². The van der Waals surface area contributed by atoms with Gasteiger partial charge in [-0.25, -0.2) is 9.96 Å². The van der Waals surface area contributed by atoms with E-state index in [0.717, 1.165) is 10.5 Å². The van der Waals surface area contributed by atoms with Crippen LogP contribution in [0, 0.1) is 16.0 Å². The van der Waals surface area contributed by atoms with Crippen LogP contribution in [0.25, 0.3) is 0 Å². The molecule has 0 bridgehead atoms. The van der Waals surface area contributed by atoms with Crippen LogP contribution in [-0.2, 0) is 14.4 Å². The molecule has 2 fully saturated rings. The summed E-state index contributed by atoms with van der Waals surface area (Å²) in [6.07, 6.45) is -1.03. The number of nitro benzene ring substituents is 1. The number of hydrogen-bond acceptors (Lipinski definition) is 6. The minimum Gasteiger partial charge on any atom is -0.273 e. The van der Waals surface area contributed by atoms with Gasteiger partial charge in [-0.05, 0) is 42.0 Å². The number of non-ortho nitro benzene ring substituents is 1. The van der Waals surface area contributed by atoms with Gasteiger partial charge in [-0.15, -0.1) is 0 Å². The van der Waals surface area contributed by atoms with Crippen molar-refractivity contribution in [1.82, 2.24) is 0 Å². The lowest BCUT2D eigenvalue weighted by Gasteiger charge is -2.28. The van der Waals surface area contributed by atoms with Crippen LogP contribution < -0.4 is 9.96 Å². The third-order valence-electron chi connectivity index (χ3n) is 5.64. The molecule has 2 aliphatic heterocycles. The van der Waals surface area contributed by atoms with Gasteiger partial charge >= 0.3 is 0 Å². The molecule has 0 unspecified atom stereocenters. The number of hydrogen-bond donors (Lipinski definition) is 0. The maximum absolute atomic E-state index is 13.5. The van der Waals surface area contributed by atoms with E-state index in [-0.39, 0.29) is 11.4 Å². The smallest absolute Gasteiger partial charge is 0.269 e. The van der Waals surface area contributed by atoms with Gasteiger partial charge in [-0.2, -0.15) is 0 Å². The molecule has 3 aromatic carbocycles. The third-order valence-corrected chi connectivity index (χ3v) is 5.87. The zero-order valence-electron chi connectivity index (χ0n) is 16.5. The number of hydroxylamine groups is 1. The molecule has 0 aromatic heterocycles. The second-order valence-corrected chi connectivity index (χ2v) is 7.93. The first-order valence-corrected chi connectivity index (χ1v) is 10.2. The quantitative estimate of drug-likeness (QED) is 0.335. The molecule has 2 aliphatic rings. The number of halogens is 1. The molecular formula is C23H16ClN3O5. The molecule has 0 radical (unpaired) electrons. The number of anilines is 2. The van der Waals surface area contributed by atoms with E-state index in [1.165, 1.54) is 24.3 Å². The first-order chi connectivity index (χ1) is 15.5. The highest BCUT2D eigenvalue weighted by Crippen LogP contribution is 2.47. The monoisotopic (exact) mass is 449 g/mol. The maximum atomic E-state index is 13.5. The fourth-order valence-corrected chi connectivity index (χ4v) is 4.42. The number of rotatable bonds is 4. The molecule has 0 aliphatic carbocycles. The zero-order chi connectivity index (χ0) is 22.4. The summed E-state index contributed by atoms with van der Waals surface area (Å²) in [5.74, 6) is -1.76. The Morgan fingerprint density at radius 2 is 1.59 bits per heavy atom. The second kappa shape index (κ2) is 7.74. The van der Waals surface area contributed by atoms with E-state index in [0.29, 0.717) is 10.7 Å². The Labute approximate surface area is 187 Å². The van der Waals surface area contributed by atoms with E-state index < -0.39 is 34.8 Å². The second-order valence-electron chi connectivity index (χ2n) is 7.50. The molecule has 0 N–H and O–H groups in total. The van der Waals surface area contributed by atoms with E-state index in [1.807, 2.05) is 36.4 Å². The van der Waals surface area contributed by atoms with Crippen molar-refractivity contribution < 1.29 is 19.3 Å². The SMILES string of the molecule is O=C1[C@@H]2[C@@H](ON(c3ccccc3)[C@H]2c2cccc(Cl)c2)C(=O)N1c1ccc([N+](=O)[O-])cc1. The van der Waals surface area contributed by atoms with E-state index in [2.05, 4.69) is 0 Å². The molecule has 0 spiro atoms. The van der Waals surface area contributed by atoms with Gasteiger partial charge in [0.25, 0.3) is 11.6 Å². The Hall–Kier alpha value is -3.75. The van der Waals surface area contributed by atoms with E-state index in [4.69, 9.17) is 16.4 Å². The van der Waals surface area contributed by atoms with E-state index in [1.54, 1.807) is 23.3 Å². The molecule has 2 saturated heterocycles. The van der Waals surface area contributed by atoms with Gasteiger partial charge in [0, 0.05) is 17.2 Å². The van der Waals surface area contributed by atoms with Crippen LogP contribution in [0.15, 0.2) is 78.9 Å². The van der Waals surface area contributed by atoms with Gasteiger partial charge in [0.1, 0.15) is 5.92 Å². The van der Waals surface area contributed by atoms with E-state index in [9.17, 15) is 19.7 Å². The summed E-state index contributed by atoms with van der Waals surface area (Å²) >= 11 is 6.21. The highest BCUT2D eigenvalue weighted by molar-refractivity contribution is 6.30. The standard InChI is InChI=1S/C23H16ClN3O5/c24-15-6-4-5-14(13-15)20-19-21(32-26(20)17-7-2-1-3-8-17)23(29)25(22(19)28)16-9-11-18(12-10-16)27(30)31/h1-13,19-21H/t19-,20-,21+/m0/s1. The molecule has 8 nitrogen and oxygen atoms in total. The lowest BCUT2D eigenvalue weighted by atomic mass is 9.90. The summed E-state index contributed by atoms with van der Waals surface area (Å²) in [6.45, 7) is 0. The minimum atomic E-state index is -1.03. The summed E-state index contributed by atoms with van der Waals surface area (Å²) in [7, 11) is 0. The number of benzene rings is 3. The van der Waals surface area contributed by atoms with Crippen LogP contribution in [0.2, 0.25) is 5.02 Å². The normalized spacial score (nSPS) is 22.3. The number of carbonyl (C=O) groups is 2. The van der Waals surface area contributed by atoms with Crippen molar-refractivity contribution in [2.45, 2.75) is 12.1 Å². The molecule has 3 atom stereocenters. The number of nitro groups is 1. The van der Waals surface area contributed by atoms with Crippen molar-refractivity contribution in [3.05, 3.63) is 99.6 Å². The largest absolute Gasteiger partial charge is 0.273 e. The van der Waals surface area contributed by atoms with Gasteiger partial charge in [0.2, 0.25) is 5.91 Å². The van der Waals surface area contributed by atoms with Crippen molar-refractivity contribution in [1.29, 1.82) is 0 Å². The van der Waals surface area contributed by atoms with Crippen molar-refractivity contribution in [2.24, 2.45) is 5.92 Å². The number of carbonyl (C=O) groups excluding carboxylic acids is 2. The minimum absolute atomic E-state index is 0.128. The average molecular weight is 450 g/mol. The molecule has 0 saturated carbocycles. The predicted octanol–water partition coefficient (Wildman–Crippen LogP) is 4.30. The van der Waals surface area contributed by atoms with Gasteiger partial charge < -0.3 is 0 Å². The Balaban J connectivity index is 1.56. The number of amides is 2. The van der Waals surface area contributed by atoms with Crippen LogP contribution in [0.4, 0.5) is 17.1 Å². The highest BCUT2D eigenvalue weighted by atomic mass is 35.5. The van der Waals surface area contributed by atoms with Gasteiger partial charge in [0.15, 0.2) is 6.10 Å². The third kappa shape index (κ3) is 3.21. The van der Waals surface area contributed by atoms with E-state index >= 15 is 0 Å². The predicted molar refractivity (Wildman–Crippen MR) is 117 cm³/mol. The highest BCUT2D eigenvalue weighted by Gasteiger charge is 2.60. The van der Waals surface area contributed by atoms with Crippen LogP contribution in [-0.4, -0.2) is 22.8 Å². The fraction of sp³-hybridized carbons (Fsp3) is 0.130. The van der Waals surface area contributed by atoms with Gasteiger partial charge in [-0.3, -0.25) is 24.5 Å². The Morgan fingerprint density at radius 3 is 2.25 bits per heavy atom. The Bertz CT molecular complexity index is 1220. The summed E-state index contributed by atoms with van der Waals surface area (Å²) in [5.41, 5.74) is 1.57. The lowest BCUT2D eigenvalue weighted by Crippen LogP contribution is -2.37.